The first kappa shape index (κ1) is 10.1. The molecule has 0 radical (unpaired) electrons. The fraction of sp³-hybridized carbons (Fsp3) is 0.167. The summed E-state index contributed by atoms with van der Waals surface area (Å²) < 4.78 is 0. The van der Waals surface area contributed by atoms with Crippen molar-refractivity contribution in [3.63, 3.8) is 0 Å². The maximum atomic E-state index is 11.3. The Morgan fingerprint density at radius 1 is 1.27 bits per heavy atom. The average molecular weight is 217 g/mol. The van der Waals surface area contributed by atoms with Gasteiger partial charge in [-0.2, -0.15) is 4.98 Å². The Morgan fingerprint density at radius 2 is 2.00 bits per heavy atom. The predicted octanol–water partition coefficient (Wildman–Crippen LogP) is 2.73. The van der Waals surface area contributed by atoms with Gasteiger partial charge < -0.3 is 0 Å². The van der Waals surface area contributed by atoms with Crippen molar-refractivity contribution >= 4 is 11.3 Å². The molecule has 0 saturated carbocycles. The van der Waals surface area contributed by atoms with Gasteiger partial charge in [-0.3, -0.25) is 4.79 Å². The first-order chi connectivity index (χ1) is 7.29. The van der Waals surface area contributed by atoms with Crippen LogP contribution in [0.25, 0.3) is 10.6 Å². The number of nitrogens with zero attached hydrogens (tertiary/aromatic N) is 1. The van der Waals surface area contributed by atoms with Crippen molar-refractivity contribution < 1.29 is 0 Å². The molecule has 2 nitrogen and oxygen atoms in total. The van der Waals surface area contributed by atoms with E-state index in [1.165, 1.54) is 0 Å². The quantitative estimate of drug-likeness (QED) is 0.774. The fourth-order valence-electron chi connectivity index (χ4n) is 1.32. The normalized spacial score (nSPS) is 10.2. The Balaban J connectivity index is 2.54. The van der Waals surface area contributed by atoms with Crippen LogP contribution in [0.1, 0.15) is 11.8 Å². The predicted molar refractivity (Wildman–Crippen MR) is 63.2 cm³/mol. The summed E-state index contributed by atoms with van der Waals surface area (Å²) in [6, 6.07) is 11.4. The summed E-state index contributed by atoms with van der Waals surface area (Å²) in [6.07, 6.45) is 0.877. The molecule has 0 aliphatic heterocycles. The van der Waals surface area contributed by atoms with Gasteiger partial charge in [-0.05, 0) is 6.42 Å². The topological polar surface area (TPSA) is 30.0 Å². The number of aryl methyl sites for hydroxylation is 1. The number of hydrogen-bond acceptors (Lipinski definition) is 3. The molecule has 3 heteroatoms. The van der Waals surface area contributed by atoms with E-state index in [2.05, 4.69) is 4.98 Å². The van der Waals surface area contributed by atoms with E-state index >= 15 is 0 Å². The highest BCUT2D eigenvalue weighted by atomic mass is 32.1. The lowest BCUT2D eigenvalue weighted by atomic mass is 10.2. The largest absolute Gasteiger partial charge is 0.272 e. The van der Waals surface area contributed by atoms with Gasteiger partial charge in [-0.25, -0.2) is 0 Å². The molecule has 1 aromatic carbocycles. The first-order valence-electron chi connectivity index (χ1n) is 4.86. The zero-order valence-corrected chi connectivity index (χ0v) is 9.25. The monoisotopic (exact) mass is 217 g/mol. The molecule has 0 aliphatic rings. The Morgan fingerprint density at radius 3 is 2.67 bits per heavy atom. The molecule has 0 unspecified atom stereocenters. The minimum Gasteiger partial charge on any atom is -0.267 e. The van der Waals surface area contributed by atoms with Crippen LogP contribution in [0.5, 0.6) is 0 Å². The molecule has 1 aromatic heterocycles. The Labute approximate surface area is 92.3 Å². The van der Waals surface area contributed by atoms with Crippen LogP contribution in [-0.4, -0.2) is 4.98 Å². The summed E-state index contributed by atoms with van der Waals surface area (Å²) in [5, 5.41) is 0.806. The van der Waals surface area contributed by atoms with Gasteiger partial charge >= 0.3 is 0 Å². The van der Waals surface area contributed by atoms with Gasteiger partial charge in [0.2, 0.25) is 0 Å². The lowest BCUT2D eigenvalue weighted by Gasteiger charge is -2.00. The van der Waals surface area contributed by atoms with Crippen LogP contribution in [0.15, 0.2) is 41.2 Å². The minimum atomic E-state index is -0.149. The number of benzene rings is 1. The average Bonchev–Trinajstić information content (AvgIpc) is 2.29. The Kier molecular flexibility index (Phi) is 2.92. The van der Waals surface area contributed by atoms with Crippen molar-refractivity contribution in [1.82, 2.24) is 4.98 Å². The van der Waals surface area contributed by atoms with Crippen LogP contribution in [0, 0.1) is 0 Å². The van der Waals surface area contributed by atoms with E-state index < -0.39 is 0 Å². The van der Waals surface area contributed by atoms with Gasteiger partial charge in [-0.15, -0.1) is 11.3 Å². The van der Waals surface area contributed by atoms with E-state index in [1.54, 1.807) is 17.4 Å². The molecule has 0 aliphatic carbocycles. The standard InChI is InChI=1S/C12H11NOS/c1-2-10-8-11(14)13-12(15-10)9-6-4-3-5-7-9/h3-8H,2H2,1H3. The lowest BCUT2D eigenvalue weighted by molar-refractivity contribution is 1.15. The Bertz CT molecular complexity index is 505. The molecule has 0 bridgehead atoms. The van der Waals surface area contributed by atoms with Gasteiger partial charge in [0.1, 0.15) is 5.01 Å². The molecule has 0 atom stereocenters. The minimum absolute atomic E-state index is 0.149. The molecule has 2 rings (SSSR count). The van der Waals surface area contributed by atoms with Crippen LogP contribution in [0.2, 0.25) is 0 Å². The number of hydrogen-bond donors (Lipinski definition) is 0. The third-order valence-electron chi connectivity index (χ3n) is 2.09. The van der Waals surface area contributed by atoms with Gasteiger partial charge in [0, 0.05) is 16.5 Å². The Hall–Kier alpha value is -1.48. The van der Waals surface area contributed by atoms with Crippen LogP contribution < -0.4 is 5.56 Å². The molecule has 0 N–H and O–H groups in total. The number of rotatable bonds is 2. The summed E-state index contributed by atoms with van der Waals surface area (Å²) in [5.74, 6) is 0. The summed E-state index contributed by atoms with van der Waals surface area (Å²) in [7, 11) is 0. The van der Waals surface area contributed by atoms with E-state index in [4.69, 9.17) is 0 Å². The van der Waals surface area contributed by atoms with E-state index in [0.29, 0.717) is 0 Å². The second-order valence-corrected chi connectivity index (χ2v) is 4.30. The van der Waals surface area contributed by atoms with E-state index in [9.17, 15) is 4.79 Å². The second kappa shape index (κ2) is 4.36. The van der Waals surface area contributed by atoms with E-state index in [1.807, 2.05) is 37.3 Å². The zero-order chi connectivity index (χ0) is 10.7. The summed E-state index contributed by atoms with van der Waals surface area (Å²) >= 11 is 1.58. The summed E-state index contributed by atoms with van der Waals surface area (Å²) in [5.41, 5.74) is 0.861. The molecule has 0 amide bonds. The zero-order valence-electron chi connectivity index (χ0n) is 8.43. The molecular weight excluding hydrogens is 206 g/mol. The van der Waals surface area contributed by atoms with E-state index in [0.717, 1.165) is 21.9 Å². The molecule has 0 saturated heterocycles. The molecule has 0 spiro atoms. The third-order valence-corrected chi connectivity index (χ3v) is 3.28. The fourth-order valence-corrected chi connectivity index (χ4v) is 2.27. The van der Waals surface area contributed by atoms with Crippen molar-refractivity contribution in [1.29, 1.82) is 0 Å². The third kappa shape index (κ3) is 2.30. The smallest absolute Gasteiger partial charge is 0.267 e. The van der Waals surface area contributed by atoms with Crippen LogP contribution >= 0.6 is 11.3 Å². The van der Waals surface area contributed by atoms with Gasteiger partial charge in [0.25, 0.3) is 5.56 Å². The number of aromatic nitrogens is 1. The highest BCUT2D eigenvalue weighted by Gasteiger charge is 2.02. The van der Waals surface area contributed by atoms with Crippen LogP contribution in [0.4, 0.5) is 0 Å². The van der Waals surface area contributed by atoms with Crippen molar-refractivity contribution in [3.8, 4) is 10.6 Å². The van der Waals surface area contributed by atoms with Crippen molar-refractivity contribution in [2.24, 2.45) is 0 Å². The van der Waals surface area contributed by atoms with Crippen LogP contribution in [-0.2, 0) is 6.42 Å². The highest BCUT2D eigenvalue weighted by Crippen LogP contribution is 2.21. The summed E-state index contributed by atoms with van der Waals surface area (Å²) in [4.78, 5) is 16.4. The lowest BCUT2D eigenvalue weighted by Crippen LogP contribution is -2.04. The molecule has 15 heavy (non-hydrogen) atoms. The molecule has 76 valence electrons. The van der Waals surface area contributed by atoms with Crippen LogP contribution in [0.3, 0.4) is 0 Å². The van der Waals surface area contributed by atoms with Crippen molar-refractivity contribution in [3.05, 3.63) is 51.6 Å². The first-order valence-corrected chi connectivity index (χ1v) is 5.67. The molecule has 0 fully saturated rings. The highest BCUT2D eigenvalue weighted by molar-refractivity contribution is 7.14. The van der Waals surface area contributed by atoms with Gasteiger partial charge in [0.15, 0.2) is 0 Å². The molecule has 1 heterocycles. The van der Waals surface area contributed by atoms with Crippen molar-refractivity contribution in [2.75, 3.05) is 0 Å². The molecular formula is C12H11NOS. The second-order valence-electron chi connectivity index (χ2n) is 3.19. The van der Waals surface area contributed by atoms with Gasteiger partial charge in [-0.1, -0.05) is 37.3 Å². The summed E-state index contributed by atoms with van der Waals surface area (Å²) in [6.45, 7) is 2.04. The maximum absolute atomic E-state index is 11.3. The maximum Gasteiger partial charge on any atom is 0.272 e. The molecule has 2 aromatic rings. The van der Waals surface area contributed by atoms with Gasteiger partial charge in [0.05, 0.1) is 0 Å². The SMILES string of the molecule is CCc1cc(=O)nc(-c2ccccc2)s1. The van der Waals surface area contributed by atoms with E-state index in [-0.39, 0.29) is 5.56 Å². The van der Waals surface area contributed by atoms with Crippen molar-refractivity contribution in [2.45, 2.75) is 13.3 Å².